The van der Waals surface area contributed by atoms with E-state index in [1.165, 1.54) is 116 Å². The Kier molecular flexibility index (Phi) is 21.2. The van der Waals surface area contributed by atoms with Gasteiger partial charge in [0.25, 0.3) is 0 Å². The second-order valence-electron chi connectivity index (χ2n) is 10.9. The normalized spacial score (nSPS) is 11.3. The number of hydrogen-bond donors (Lipinski definition) is 1. The molecule has 0 saturated heterocycles. The number of ether oxygens (including phenoxy) is 3. The number of hydrogen-bond acceptors (Lipinski definition) is 4. The van der Waals surface area contributed by atoms with E-state index in [0.29, 0.717) is 17.2 Å². The van der Waals surface area contributed by atoms with Crippen LogP contribution < -0.4 is 14.2 Å². The highest BCUT2D eigenvalue weighted by Crippen LogP contribution is 2.43. The molecule has 0 radical (unpaired) electrons. The molecular formula is C34H58O5. The Morgan fingerprint density at radius 2 is 1.05 bits per heavy atom. The maximum atomic E-state index is 11.1. The molecule has 1 aromatic carbocycles. The van der Waals surface area contributed by atoms with Crippen LogP contribution in [0.25, 0.3) is 6.08 Å². The molecule has 0 bridgehead atoms. The van der Waals surface area contributed by atoms with Gasteiger partial charge in [-0.25, -0.2) is 4.79 Å². The number of methoxy groups -OCH3 is 3. The van der Waals surface area contributed by atoms with E-state index in [9.17, 15) is 4.79 Å². The zero-order valence-electron chi connectivity index (χ0n) is 25.7. The quantitative estimate of drug-likeness (QED) is 0.0925. The van der Waals surface area contributed by atoms with Gasteiger partial charge in [-0.1, -0.05) is 129 Å². The Labute approximate surface area is 239 Å². The third kappa shape index (κ3) is 15.9. The van der Waals surface area contributed by atoms with Crippen molar-refractivity contribution in [3.8, 4) is 17.2 Å². The minimum atomic E-state index is -0.978. The summed E-state index contributed by atoms with van der Waals surface area (Å²) in [5.41, 5.74) is 1.76. The van der Waals surface area contributed by atoms with E-state index >= 15 is 0 Å². The first kappa shape index (κ1) is 34.9. The topological polar surface area (TPSA) is 65.0 Å². The summed E-state index contributed by atoms with van der Waals surface area (Å²) in [6.45, 7) is 2.29. The van der Waals surface area contributed by atoms with Gasteiger partial charge >= 0.3 is 5.97 Å². The van der Waals surface area contributed by atoms with Crippen molar-refractivity contribution in [3.63, 3.8) is 0 Å². The zero-order chi connectivity index (χ0) is 28.6. The molecule has 0 aliphatic rings. The summed E-state index contributed by atoms with van der Waals surface area (Å²) in [4.78, 5) is 11.1. The number of aliphatic carboxylic acids is 1. The van der Waals surface area contributed by atoms with Gasteiger partial charge in [-0.2, -0.15) is 0 Å². The maximum absolute atomic E-state index is 11.1. The molecule has 0 aromatic heterocycles. The van der Waals surface area contributed by atoms with Crippen molar-refractivity contribution in [2.75, 3.05) is 21.3 Å². The molecule has 39 heavy (non-hydrogen) atoms. The number of carboxylic acid groups (broad SMARTS) is 1. The van der Waals surface area contributed by atoms with Gasteiger partial charge in [0.1, 0.15) is 0 Å². The van der Waals surface area contributed by atoms with Gasteiger partial charge in [0.15, 0.2) is 11.5 Å². The second-order valence-corrected chi connectivity index (χ2v) is 10.9. The van der Waals surface area contributed by atoms with E-state index in [1.807, 2.05) is 6.07 Å². The molecule has 224 valence electrons. The number of carbonyl (C=O) groups is 1. The lowest BCUT2D eigenvalue weighted by molar-refractivity contribution is -0.131. The molecule has 0 amide bonds. The largest absolute Gasteiger partial charge is 0.493 e. The summed E-state index contributed by atoms with van der Waals surface area (Å²) in [5, 5.41) is 9.10. The fourth-order valence-corrected chi connectivity index (χ4v) is 5.36. The zero-order valence-corrected chi connectivity index (χ0v) is 25.7. The summed E-state index contributed by atoms with van der Waals surface area (Å²) in [7, 11) is 4.78. The SMILES string of the molecule is CCCCCCCCCCCCCCCCCCCCCCc1c(/C=C/C(=O)O)cc(OC)c(OC)c1OC. The van der Waals surface area contributed by atoms with Gasteiger partial charge in [0.2, 0.25) is 5.75 Å². The predicted molar refractivity (Wildman–Crippen MR) is 164 cm³/mol. The molecule has 0 unspecified atom stereocenters. The molecule has 1 rings (SSSR count). The average Bonchev–Trinajstić information content (AvgIpc) is 2.94. The minimum Gasteiger partial charge on any atom is -0.493 e. The predicted octanol–water partition coefficient (Wildman–Crippen LogP) is 10.2. The van der Waals surface area contributed by atoms with Crippen molar-refractivity contribution in [1.82, 2.24) is 0 Å². The highest BCUT2D eigenvalue weighted by Gasteiger charge is 2.19. The Bertz CT molecular complexity index is 786. The van der Waals surface area contributed by atoms with Crippen LogP contribution in [0.1, 0.15) is 146 Å². The molecule has 0 spiro atoms. The first-order valence-electron chi connectivity index (χ1n) is 15.8. The van der Waals surface area contributed by atoms with Crippen LogP contribution in [-0.2, 0) is 11.2 Å². The molecule has 5 nitrogen and oxygen atoms in total. The van der Waals surface area contributed by atoms with Crippen molar-refractivity contribution in [3.05, 3.63) is 23.3 Å². The Morgan fingerprint density at radius 3 is 1.41 bits per heavy atom. The summed E-state index contributed by atoms with van der Waals surface area (Å²) in [6.07, 6.45) is 30.8. The van der Waals surface area contributed by atoms with Gasteiger partial charge in [0, 0.05) is 11.6 Å². The molecule has 5 heteroatoms. The number of rotatable bonds is 26. The van der Waals surface area contributed by atoms with Crippen molar-refractivity contribution in [2.45, 2.75) is 142 Å². The summed E-state index contributed by atoms with van der Waals surface area (Å²) >= 11 is 0. The fourth-order valence-electron chi connectivity index (χ4n) is 5.36. The monoisotopic (exact) mass is 546 g/mol. The molecule has 0 aliphatic carbocycles. The van der Waals surface area contributed by atoms with Gasteiger partial charge in [-0.3, -0.25) is 0 Å². The highest BCUT2D eigenvalue weighted by molar-refractivity contribution is 5.86. The lowest BCUT2D eigenvalue weighted by atomic mass is 9.97. The average molecular weight is 547 g/mol. The molecule has 1 aromatic rings. The van der Waals surface area contributed by atoms with E-state index in [-0.39, 0.29) is 0 Å². The summed E-state index contributed by atoms with van der Waals surface area (Å²) in [5.74, 6) is 0.732. The molecule has 0 heterocycles. The van der Waals surface area contributed by atoms with E-state index in [4.69, 9.17) is 19.3 Å². The number of unbranched alkanes of at least 4 members (excludes halogenated alkanes) is 19. The Balaban J connectivity index is 2.17. The van der Waals surface area contributed by atoms with E-state index < -0.39 is 5.97 Å². The third-order valence-corrected chi connectivity index (χ3v) is 7.65. The van der Waals surface area contributed by atoms with Crippen LogP contribution in [-0.4, -0.2) is 32.4 Å². The van der Waals surface area contributed by atoms with Gasteiger partial charge < -0.3 is 19.3 Å². The first-order chi connectivity index (χ1) is 19.1. The van der Waals surface area contributed by atoms with E-state index in [0.717, 1.165) is 36.5 Å². The lowest BCUT2D eigenvalue weighted by Gasteiger charge is -2.18. The van der Waals surface area contributed by atoms with Gasteiger partial charge in [-0.15, -0.1) is 0 Å². The van der Waals surface area contributed by atoms with Crippen LogP contribution >= 0.6 is 0 Å². The molecule has 0 atom stereocenters. The van der Waals surface area contributed by atoms with Crippen LogP contribution in [0.3, 0.4) is 0 Å². The van der Waals surface area contributed by atoms with Crippen LogP contribution in [0.4, 0.5) is 0 Å². The summed E-state index contributed by atoms with van der Waals surface area (Å²) < 4.78 is 16.6. The number of carboxylic acids is 1. The highest BCUT2D eigenvalue weighted by atomic mass is 16.5. The van der Waals surface area contributed by atoms with Crippen molar-refractivity contribution in [1.29, 1.82) is 0 Å². The third-order valence-electron chi connectivity index (χ3n) is 7.65. The van der Waals surface area contributed by atoms with Crippen LogP contribution in [0.2, 0.25) is 0 Å². The van der Waals surface area contributed by atoms with Crippen molar-refractivity contribution in [2.24, 2.45) is 0 Å². The fraction of sp³-hybridized carbons (Fsp3) is 0.735. The summed E-state index contributed by atoms with van der Waals surface area (Å²) in [6, 6.07) is 1.83. The second kappa shape index (κ2) is 23.7. The lowest BCUT2D eigenvalue weighted by Crippen LogP contribution is -2.02. The van der Waals surface area contributed by atoms with Crippen molar-refractivity contribution < 1.29 is 24.1 Å². The van der Waals surface area contributed by atoms with Crippen LogP contribution in [0.5, 0.6) is 17.2 Å². The van der Waals surface area contributed by atoms with E-state index in [1.54, 1.807) is 27.4 Å². The van der Waals surface area contributed by atoms with Crippen LogP contribution in [0.15, 0.2) is 12.1 Å². The Hall–Kier alpha value is -2.17. The maximum Gasteiger partial charge on any atom is 0.328 e. The standard InChI is InChI=1S/C34H58O5/c1-5-6-7-8-9-10-11-12-13-14-15-16-17-18-19-20-21-22-23-24-25-30-29(26-27-32(35)36)28-31(37-2)34(39-4)33(30)38-3/h26-28H,5-25H2,1-4H3,(H,35,36)/b27-26+. The molecule has 1 N–H and O–H groups in total. The molecule has 0 aliphatic heterocycles. The molecule has 0 saturated carbocycles. The smallest absolute Gasteiger partial charge is 0.328 e. The minimum absolute atomic E-state index is 0.534. The van der Waals surface area contributed by atoms with Gasteiger partial charge in [-0.05, 0) is 30.5 Å². The van der Waals surface area contributed by atoms with Crippen LogP contribution in [0, 0.1) is 0 Å². The molecular weight excluding hydrogens is 488 g/mol. The Morgan fingerprint density at radius 1 is 0.641 bits per heavy atom. The van der Waals surface area contributed by atoms with Crippen molar-refractivity contribution >= 4 is 12.0 Å². The van der Waals surface area contributed by atoms with E-state index in [2.05, 4.69) is 6.92 Å². The molecule has 0 fully saturated rings. The van der Waals surface area contributed by atoms with Gasteiger partial charge in [0.05, 0.1) is 21.3 Å². The first-order valence-corrected chi connectivity index (χ1v) is 15.8. The number of benzene rings is 1.